The Morgan fingerprint density at radius 1 is 1.12 bits per heavy atom. The van der Waals surface area contributed by atoms with Gasteiger partial charge in [0, 0.05) is 17.8 Å². The van der Waals surface area contributed by atoms with Gasteiger partial charge in [0.1, 0.15) is 5.82 Å². The van der Waals surface area contributed by atoms with Gasteiger partial charge < -0.3 is 10.2 Å². The molecule has 0 saturated heterocycles. The zero-order valence-electron chi connectivity index (χ0n) is 14.7. The van der Waals surface area contributed by atoms with E-state index >= 15 is 0 Å². The maximum atomic E-state index is 13.1. The molecule has 0 aromatic heterocycles. The molecular formula is C18H22FN3O3S. The summed E-state index contributed by atoms with van der Waals surface area (Å²) in [5.41, 5.74) is 0.607. The standard InChI is InChI=1S/C18H22FN3O3S/c1-22(2)12-4-11-20-26(24,25)17-9-7-14(8-10-17)18(23)21-16-6-3-5-15(19)13-16/h3,5-10,13,20H,4,11-12H2,1-2H3,(H,21,23). The molecule has 0 heterocycles. The maximum absolute atomic E-state index is 13.1. The van der Waals surface area contributed by atoms with Gasteiger partial charge in [-0.1, -0.05) is 6.07 Å². The minimum Gasteiger partial charge on any atom is -0.322 e. The van der Waals surface area contributed by atoms with Gasteiger partial charge in [-0.15, -0.1) is 0 Å². The second kappa shape index (κ2) is 8.88. The van der Waals surface area contributed by atoms with E-state index in [-0.39, 0.29) is 10.5 Å². The number of anilines is 1. The number of rotatable bonds is 8. The molecule has 1 amide bonds. The highest BCUT2D eigenvalue weighted by Crippen LogP contribution is 2.14. The molecule has 6 nitrogen and oxygen atoms in total. The average Bonchev–Trinajstić information content (AvgIpc) is 2.59. The van der Waals surface area contributed by atoms with Crippen molar-refractivity contribution in [1.82, 2.24) is 9.62 Å². The lowest BCUT2D eigenvalue weighted by Gasteiger charge is -2.11. The summed E-state index contributed by atoms with van der Waals surface area (Å²) in [5, 5.41) is 2.56. The number of hydrogen-bond acceptors (Lipinski definition) is 4. The number of benzene rings is 2. The summed E-state index contributed by atoms with van der Waals surface area (Å²) in [6, 6.07) is 11.1. The molecule has 0 aliphatic heterocycles. The van der Waals surface area contributed by atoms with Crippen LogP contribution in [0.3, 0.4) is 0 Å². The van der Waals surface area contributed by atoms with Gasteiger partial charge in [0.25, 0.3) is 5.91 Å². The minimum absolute atomic E-state index is 0.0876. The van der Waals surface area contributed by atoms with Crippen LogP contribution in [0, 0.1) is 5.82 Å². The van der Waals surface area contributed by atoms with E-state index in [4.69, 9.17) is 0 Å². The molecule has 0 bridgehead atoms. The fraction of sp³-hybridized carbons (Fsp3) is 0.278. The number of amides is 1. The molecule has 0 unspecified atom stereocenters. The third-order valence-corrected chi connectivity index (χ3v) is 5.06. The molecule has 2 aromatic rings. The van der Waals surface area contributed by atoms with Gasteiger partial charge in [0.15, 0.2) is 0 Å². The van der Waals surface area contributed by atoms with Crippen molar-refractivity contribution in [2.45, 2.75) is 11.3 Å². The van der Waals surface area contributed by atoms with Gasteiger partial charge in [0.2, 0.25) is 10.0 Å². The monoisotopic (exact) mass is 379 g/mol. The number of carbonyl (C=O) groups is 1. The number of sulfonamides is 1. The fourth-order valence-corrected chi connectivity index (χ4v) is 3.31. The molecule has 26 heavy (non-hydrogen) atoms. The van der Waals surface area contributed by atoms with Crippen molar-refractivity contribution in [3.05, 3.63) is 59.9 Å². The van der Waals surface area contributed by atoms with Crippen LogP contribution in [0.4, 0.5) is 10.1 Å². The molecule has 2 aromatic carbocycles. The van der Waals surface area contributed by atoms with Crippen LogP contribution < -0.4 is 10.0 Å². The lowest BCUT2D eigenvalue weighted by molar-refractivity contribution is 0.102. The summed E-state index contributed by atoms with van der Waals surface area (Å²) in [4.78, 5) is 14.2. The van der Waals surface area contributed by atoms with Crippen molar-refractivity contribution >= 4 is 21.6 Å². The fourth-order valence-electron chi connectivity index (χ4n) is 2.24. The summed E-state index contributed by atoms with van der Waals surface area (Å²) >= 11 is 0. The molecule has 2 rings (SSSR count). The first-order valence-electron chi connectivity index (χ1n) is 8.09. The van der Waals surface area contributed by atoms with Gasteiger partial charge in [-0.2, -0.15) is 0 Å². The van der Waals surface area contributed by atoms with Crippen molar-refractivity contribution in [2.24, 2.45) is 0 Å². The molecule has 2 N–H and O–H groups in total. The highest BCUT2D eigenvalue weighted by Gasteiger charge is 2.14. The summed E-state index contributed by atoms with van der Waals surface area (Å²) in [6.07, 6.45) is 0.695. The highest BCUT2D eigenvalue weighted by atomic mass is 32.2. The summed E-state index contributed by atoms with van der Waals surface area (Å²) in [6.45, 7) is 1.12. The molecule has 140 valence electrons. The van der Waals surface area contributed by atoms with E-state index in [1.807, 2.05) is 19.0 Å². The normalized spacial score (nSPS) is 11.5. The van der Waals surface area contributed by atoms with Gasteiger partial charge in [-0.25, -0.2) is 17.5 Å². The van der Waals surface area contributed by atoms with Crippen LogP contribution in [0.15, 0.2) is 53.4 Å². The lowest BCUT2D eigenvalue weighted by Crippen LogP contribution is -2.27. The van der Waals surface area contributed by atoms with Crippen molar-refractivity contribution in [2.75, 3.05) is 32.5 Å². The number of hydrogen-bond donors (Lipinski definition) is 2. The van der Waals surface area contributed by atoms with E-state index in [0.717, 1.165) is 6.54 Å². The quantitative estimate of drug-likeness (QED) is 0.690. The molecule has 0 aliphatic rings. The molecular weight excluding hydrogens is 357 g/mol. The Labute approximate surface area is 153 Å². The van der Waals surface area contributed by atoms with Crippen molar-refractivity contribution < 1.29 is 17.6 Å². The molecule has 0 radical (unpaired) electrons. The van der Waals surface area contributed by atoms with Crippen molar-refractivity contribution in [1.29, 1.82) is 0 Å². The SMILES string of the molecule is CN(C)CCCNS(=O)(=O)c1ccc(C(=O)Nc2cccc(F)c2)cc1. The Morgan fingerprint density at radius 3 is 2.42 bits per heavy atom. The number of nitrogens with zero attached hydrogens (tertiary/aromatic N) is 1. The molecule has 8 heteroatoms. The second-order valence-corrected chi connectivity index (χ2v) is 7.81. The van der Waals surface area contributed by atoms with Gasteiger partial charge in [-0.05, 0) is 69.5 Å². The third kappa shape index (κ3) is 5.91. The van der Waals surface area contributed by atoms with E-state index in [1.54, 1.807) is 6.07 Å². The molecule has 0 atom stereocenters. The Morgan fingerprint density at radius 2 is 1.81 bits per heavy atom. The van der Waals surface area contributed by atoms with E-state index < -0.39 is 21.7 Å². The van der Waals surface area contributed by atoms with Crippen LogP contribution in [-0.2, 0) is 10.0 Å². The molecule has 0 aliphatic carbocycles. The summed E-state index contributed by atoms with van der Waals surface area (Å²) in [7, 11) is 0.223. The Balaban J connectivity index is 1.99. The van der Waals surface area contributed by atoms with Crippen LogP contribution in [0.25, 0.3) is 0 Å². The largest absolute Gasteiger partial charge is 0.322 e. The number of nitrogens with one attached hydrogen (secondary N) is 2. The highest BCUT2D eigenvalue weighted by molar-refractivity contribution is 7.89. The van der Waals surface area contributed by atoms with E-state index in [2.05, 4.69) is 10.0 Å². The van der Waals surface area contributed by atoms with E-state index in [9.17, 15) is 17.6 Å². The summed E-state index contributed by atoms with van der Waals surface area (Å²) in [5.74, 6) is -0.900. The van der Waals surface area contributed by atoms with E-state index in [0.29, 0.717) is 18.7 Å². The zero-order chi connectivity index (χ0) is 19.2. The zero-order valence-corrected chi connectivity index (χ0v) is 15.5. The number of halogens is 1. The van der Waals surface area contributed by atoms with Crippen LogP contribution in [0.2, 0.25) is 0 Å². The Kier molecular flexibility index (Phi) is 6.84. The van der Waals surface area contributed by atoms with Crippen molar-refractivity contribution in [3.63, 3.8) is 0 Å². The topological polar surface area (TPSA) is 78.5 Å². The summed E-state index contributed by atoms with van der Waals surface area (Å²) < 4.78 is 40.1. The Bertz CT molecular complexity index is 852. The first-order valence-corrected chi connectivity index (χ1v) is 9.57. The van der Waals surface area contributed by atoms with Gasteiger partial charge in [0.05, 0.1) is 4.90 Å². The first-order chi connectivity index (χ1) is 12.3. The average molecular weight is 379 g/mol. The molecule has 0 fully saturated rings. The van der Waals surface area contributed by atoms with Gasteiger partial charge >= 0.3 is 0 Å². The second-order valence-electron chi connectivity index (χ2n) is 6.04. The smallest absolute Gasteiger partial charge is 0.255 e. The van der Waals surface area contributed by atoms with Crippen LogP contribution in [0.1, 0.15) is 16.8 Å². The third-order valence-electron chi connectivity index (χ3n) is 3.58. The number of carbonyl (C=O) groups excluding carboxylic acids is 1. The lowest BCUT2D eigenvalue weighted by atomic mass is 10.2. The minimum atomic E-state index is -3.61. The van der Waals surface area contributed by atoms with Crippen molar-refractivity contribution in [3.8, 4) is 0 Å². The van der Waals surface area contributed by atoms with Gasteiger partial charge in [-0.3, -0.25) is 4.79 Å². The molecule has 0 spiro atoms. The van der Waals surface area contributed by atoms with Crippen LogP contribution in [-0.4, -0.2) is 46.4 Å². The molecule has 0 saturated carbocycles. The maximum Gasteiger partial charge on any atom is 0.255 e. The van der Waals surface area contributed by atoms with Crippen LogP contribution in [0.5, 0.6) is 0 Å². The van der Waals surface area contributed by atoms with Crippen LogP contribution >= 0.6 is 0 Å². The first kappa shape index (κ1) is 20.0. The Hall–Kier alpha value is -2.29. The predicted molar refractivity (Wildman–Crippen MR) is 99.2 cm³/mol. The predicted octanol–water partition coefficient (Wildman–Crippen LogP) is 2.31. The van der Waals surface area contributed by atoms with E-state index in [1.165, 1.54) is 42.5 Å².